The molecule has 6 heteroatoms. The first-order valence-corrected chi connectivity index (χ1v) is 11.1. The Morgan fingerprint density at radius 3 is 2.47 bits per heavy atom. The summed E-state index contributed by atoms with van der Waals surface area (Å²) in [6.07, 6.45) is 7.81. The molecule has 0 unspecified atom stereocenters. The number of aromatic nitrogens is 2. The maximum Gasteiger partial charge on any atom is 0.229 e. The van der Waals surface area contributed by atoms with Crippen molar-refractivity contribution in [3.63, 3.8) is 0 Å². The minimum Gasteiger partial charge on any atom is -0.399 e. The lowest BCUT2D eigenvalue weighted by Crippen LogP contribution is -2.18. The molecule has 1 aliphatic carbocycles. The monoisotopic (exact) mass is 464 g/mol. The average molecular weight is 465 g/mol. The van der Waals surface area contributed by atoms with E-state index in [2.05, 4.69) is 26.2 Å². The molecule has 1 fully saturated rings. The number of carbonyl (C=O) groups is 1. The molecule has 0 atom stereocenters. The summed E-state index contributed by atoms with van der Waals surface area (Å²) in [5.41, 5.74) is 10.1. The Labute approximate surface area is 185 Å². The molecule has 1 amide bonds. The summed E-state index contributed by atoms with van der Waals surface area (Å²) < 4.78 is 0.995. The fourth-order valence-corrected chi connectivity index (χ4v) is 4.18. The molecule has 1 heterocycles. The van der Waals surface area contributed by atoms with Crippen molar-refractivity contribution in [2.24, 2.45) is 5.92 Å². The van der Waals surface area contributed by atoms with Crippen molar-refractivity contribution in [1.29, 1.82) is 0 Å². The zero-order chi connectivity index (χ0) is 20.9. The molecule has 3 N–H and O–H groups in total. The van der Waals surface area contributed by atoms with Crippen LogP contribution in [0.15, 0.2) is 59.2 Å². The van der Waals surface area contributed by atoms with Crippen molar-refractivity contribution in [1.82, 2.24) is 9.97 Å². The van der Waals surface area contributed by atoms with Gasteiger partial charge in [-0.3, -0.25) is 4.79 Å². The van der Waals surface area contributed by atoms with E-state index in [1.165, 1.54) is 25.7 Å². The molecule has 0 radical (unpaired) electrons. The van der Waals surface area contributed by atoms with Crippen molar-refractivity contribution in [3.8, 4) is 11.3 Å². The summed E-state index contributed by atoms with van der Waals surface area (Å²) in [5.74, 6) is 1.09. The van der Waals surface area contributed by atoms with E-state index >= 15 is 0 Å². The fourth-order valence-electron chi connectivity index (χ4n) is 3.92. The first kappa shape index (κ1) is 20.5. The van der Waals surface area contributed by atoms with Crippen molar-refractivity contribution in [2.75, 3.05) is 11.1 Å². The largest absolute Gasteiger partial charge is 0.399 e. The van der Waals surface area contributed by atoms with E-state index in [9.17, 15) is 4.79 Å². The van der Waals surface area contributed by atoms with Crippen LogP contribution < -0.4 is 11.1 Å². The molecule has 0 bridgehead atoms. The standard InChI is InChI=1S/C24H25BrN4O/c25-19-9-5-17(6-10-19)14-23(30)29-24-21(13-16-3-1-2-4-16)28-22(15-27-24)18-7-11-20(26)12-8-18/h5-12,15-16H,1-4,13-14,26H2,(H,27,29,30). The number of benzene rings is 2. The molecule has 1 aromatic heterocycles. The number of rotatable bonds is 6. The number of nitrogens with zero attached hydrogens (tertiary/aromatic N) is 2. The molecule has 30 heavy (non-hydrogen) atoms. The predicted octanol–water partition coefficient (Wildman–Crippen LogP) is 5.40. The highest BCUT2D eigenvalue weighted by molar-refractivity contribution is 9.10. The number of hydrogen-bond donors (Lipinski definition) is 2. The van der Waals surface area contributed by atoms with Crippen molar-refractivity contribution >= 4 is 33.3 Å². The van der Waals surface area contributed by atoms with Crippen LogP contribution >= 0.6 is 15.9 Å². The van der Waals surface area contributed by atoms with Crippen molar-refractivity contribution in [2.45, 2.75) is 38.5 Å². The van der Waals surface area contributed by atoms with Gasteiger partial charge in [-0.05, 0) is 42.2 Å². The Balaban J connectivity index is 1.56. The number of carbonyl (C=O) groups excluding carboxylic acids is 1. The average Bonchev–Trinajstić information content (AvgIpc) is 3.25. The maximum atomic E-state index is 12.6. The van der Waals surface area contributed by atoms with Gasteiger partial charge >= 0.3 is 0 Å². The Bertz CT molecular complexity index is 1010. The first-order chi connectivity index (χ1) is 14.6. The van der Waals surface area contributed by atoms with Gasteiger partial charge in [0, 0.05) is 15.7 Å². The summed E-state index contributed by atoms with van der Waals surface area (Å²) in [4.78, 5) is 22.1. The van der Waals surface area contributed by atoms with Crippen molar-refractivity contribution in [3.05, 3.63) is 70.5 Å². The Morgan fingerprint density at radius 1 is 1.07 bits per heavy atom. The Morgan fingerprint density at radius 2 is 1.77 bits per heavy atom. The summed E-state index contributed by atoms with van der Waals surface area (Å²) in [7, 11) is 0. The number of nitrogens with one attached hydrogen (secondary N) is 1. The van der Waals surface area contributed by atoms with Gasteiger partial charge in [-0.15, -0.1) is 0 Å². The number of hydrogen-bond acceptors (Lipinski definition) is 4. The highest BCUT2D eigenvalue weighted by Crippen LogP contribution is 2.30. The molecule has 3 aromatic rings. The van der Waals surface area contributed by atoms with Crippen LogP contribution in [-0.2, 0) is 17.6 Å². The normalized spacial score (nSPS) is 14.0. The smallest absolute Gasteiger partial charge is 0.229 e. The van der Waals surface area contributed by atoms with E-state index in [4.69, 9.17) is 10.7 Å². The molecule has 2 aromatic carbocycles. The molecule has 1 aliphatic rings. The van der Waals surface area contributed by atoms with Gasteiger partial charge in [0.15, 0.2) is 5.82 Å². The van der Waals surface area contributed by atoms with Crippen molar-refractivity contribution < 1.29 is 4.79 Å². The number of anilines is 2. The van der Waals surface area contributed by atoms with E-state index in [1.807, 2.05) is 48.5 Å². The van der Waals surface area contributed by atoms with Gasteiger partial charge in [-0.25, -0.2) is 9.97 Å². The lowest BCUT2D eigenvalue weighted by molar-refractivity contribution is -0.115. The van der Waals surface area contributed by atoms with Crippen LogP contribution in [0.2, 0.25) is 0 Å². The number of nitrogens with two attached hydrogens (primary N) is 1. The van der Waals surface area contributed by atoms with Gasteiger partial charge in [0.1, 0.15) is 0 Å². The topological polar surface area (TPSA) is 80.9 Å². The minimum absolute atomic E-state index is 0.0838. The quantitative estimate of drug-likeness (QED) is 0.478. The van der Waals surface area contributed by atoms with Gasteiger partial charge in [0.2, 0.25) is 5.91 Å². The van der Waals surface area contributed by atoms with Crippen LogP contribution in [0.25, 0.3) is 11.3 Å². The van der Waals surface area contributed by atoms with E-state index < -0.39 is 0 Å². The van der Waals surface area contributed by atoms with Crippen LogP contribution in [0.4, 0.5) is 11.5 Å². The van der Waals surface area contributed by atoms with Crippen LogP contribution in [0, 0.1) is 5.92 Å². The van der Waals surface area contributed by atoms with Gasteiger partial charge in [0.05, 0.1) is 24.0 Å². The summed E-state index contributed by atoms with van der Waals surface area (Å²) >= 11 is 3.42. The van der Waals surface area contributed by atoms with Gasteiger partial charge in [0.25, 0.3) is 0 Å². The summed E-state index contributed by atoms with van der Waals surface area (Å²) in [5, 5.41) is 2.99. The maximum absolute atomic E-state index is 12.6. The molecule has 1 saturated carbocycles. The van der Waals surface area contributed by atoms with Gasteiger partial charge < -0.3 is 11.1 Å². The number of amides is 1. The van der Waals surface area contributed by atoms with E-state index in [-0.39, 0.29) is 5.91 Å². The second-order valence-electron chi connectivity index (χ2n) is 7.88. The number of nitrogen functional groups attached to an aromatic ring is 1. The number of halogens is 1. The predicted molar refractivity (Wildman–Crippen MR) is 124 cm³/mol. The lowest BCUT2D eigenvalue weighted by Gasteiger charge is -2.14. The van der Waals surface area contributed by atoms with Crippen LogP contribution in [0.3, 0.4) is 0 Å². The van der Waals surface area contributed by atoms with Crippen LogP contribution in [0.1, 0.15) is 36.9 Å². The molecular weight excluding hydrogens is 440 g/mol. The first-order valence-electron chi connectivity index (χ1n) is 10.3. The summed E-state index contributed by atoms with van der Waals surface area (Å²) in [6, 6.07) is 15.4. The third-order valence-electron chi connectivity index (χ3n) is 5.54. The zero-order valence-electron chi connectivity index (χ0n) is 16.8. The molecule has 154 valence electrons. The fraction of sp³-hybridized carbons (Fsp3) is 0.292. The SMILES string of the molecule is Nc1ccc(-c2cnc(NC(=O)Cc3ccc(Br)cc3)c(CC3CCCC3)n2)cc1. The zero-order valence-corrected chi connectivity index (χ0v) is 18.4. The highest BCUT2D eigenvalue weighted by atomic mass is 79.9. The molecule has 4 rings (SSSR count). The van der Waals surface area contributed by atoms with Gasteiger partial charge in [-0.2, -0.15) is 0 Å². The molecular formula is C24H25BrN4O. The molecule has 5 nitrogen and oxygen atoms in total. The van der Waals surface area contributed by atoms with E-state index in [0.29, 0.717) is 18.2 Å². The van der Waals surface area contributed by atoms with E-state index in [1.54, 1.807) is 6.20 Å². The molecule has 0 spiro atoms. The Kier molecular flexibility index (Phi) is 6.43. The molecule has 0 aliphatic heterocycles. The second kappa shape index (κ2) is 9.39. The van der Waals surface area contributed by atoms with Crippen LogP contribution in [-0.4, -0.2) is 15.9 Å². The van der Waals surface area contributed by atoms with Gasteiger partial charge in [-0.1, -0.05) is 65.9 Å². The van der Waals surface area contributed by atoms with Crippen LogP contribution in [0.5, 0.6) is 0 Å². The van der Waals surface area contributed by atoms with E-state index in [0.717, 1.165) is 39.1 Å². The summed E-state index contributed by atoms with van der Waals surface area (Å²) in [6.45, 7) is 0. The lowest BCUT2D eigenvalue weighted by atomic mass is 10.0. The third kappa shape index (κ3) is 5.25. The molecule has 0 saturated heterocycles. The second-order valence-corrected chi connectivity index (χ2v) is 8.79. The highest BCUT2D eigenvalue weighted by Gasteiger charge is 2.20. The Hall–Kier alpha value is -2.73. The minimum atomic E-state index is -0.0838. The third-order valence-corrected chi connectivity index (χ3v) is 6.07.